The van der Waals surface area contributed by atoms with Crippen molar-refractivity contribution >= 4 is 11.8 Å². The van der Waals surface area contributed by atoms with Crippen LogP contribution in [0.3, 0.4) is 0 Å². The second kappa shape index (κ2) is 7.05. The monoisotopic (exact) mass is 277 g/mol. The van der Waals surface area contributed by atoms with Crippen LogP contribution in [0.25, 0.3) is 0 Å². The van der Waals surface area contributed by atoms with Gasteiger partial charge in [-0.2, -0.15) is 0 Å². The van der Waals surface area contributed by atoms with E-state index >= 15 is 0 Å². The van der Waals surface area contributed by atoms with Gasteiger partial charge in [-0.25, -0.2) is 0 Å². The van der Waals surface area contributed by atoms with Crippen molar-refractivity contribution in [1.82, 2.24) is 10.6 Å². The van der Waals surface area contributed by atoms with Crippen molar-refractivity contribution in [3.8, 4) is 0 Å². The maximum Gasteiger partial charge on any atom is 0.241 e. The molecule has 5 nitrogen and oxygen atoms in total. The van der Waals surface area contributed by atoms with Crippen LogP contribution in [0.2, 0.25) is 0 Å². The molecule has 0 heterocycles. The Bertz CT molecular complexity index is 452. The molecular weight excluding hydrogens is 254 g/mol. The van der Waals surface area contributed by atoms with Gasteiger partial charge in [0.2, 0.25) is 11.8 Å². The van der Waals surface area contributed by atoms with E-state index in [-0.39, 0.29) is 30.3 Å². The topological polar surface area (TPSA) is 84.2 Å². The van der Waals surface area contributed by atoms with Gasteiger partial charge in [0.1, 0.15) is 6.04 Å². The Hall–Kier alpha value is -1.88. The minimum Gasteiger partial charge on any atom is -0.354 e. The summed E-state index contributed by atoms with van der Waals surface area (Å²) in [4.78, 5) is 23.4. The van der Waals surface area contributed by atoms with E-state index in [0.717, 1.165) is 5.56 Å². The second-order valence-corrected chi connectivity index (χ2v) is 5.73. The van der Waals surface area contributed by atoms with Crippen LogP contribution in [0.4, 0.5) is 0 Å². The lowest BCUT2D eigenvalue weighted by Crippen LogP contribution is -2.42. The summed E-state index contributed by atoms with van der Waals surface area (Å²) in [6, 6.07) is 8.43. The quantitative estimate of drug-likeness (QED) is 0.753. The summed E-state index contributed by atoms with van der Waals surface area (Å²) in [6.45, 7) is 6.01. The zero-order valence-electron chi connectivity index (χ0n) is 12.3. The number of amides is 2. The van der Waals surface area contributed by atoms with Gasteiger partial charge in [0.25, 0.3) is 0 Å². The fourth-order valence-electron chi connectivity index (χ4n) is 1.70. The SMILES string of the molecule is CC(C)(C)NC(=O)CCNC(=O)[C@@H](N)c1ccccc1. The number of hydrogen-bond donors (Lipinski definition) is 3. The molecule has 0 bridgehead atoms. The van der Waals surface area contributed by atoms with E-state index in [1.807, 2.05) is 39.0 Å². The summed E-state index contributed by atoms with van der Waals surface area (Å²) in [7, 11) is 0. The molecule has 1 rings (SSSR count). The van der Waals surface area contributed by atoms with Gasteiger partial charge in [-0.15, -0.1) is 0 Å². The molecule has 110 valence electrons. The highest BCUT2D eigenvalue weighted by atomic mass is 16.2. The number of hydrogen-bond acceptors (Lipinski definition) is 3. The van der Waals surface area contributed by atoms with Crippen molar-refractivity contribution in [3.63, 3.8) is 0 Å². The molecule has 0 unspecified atom stereocenters. The number of carbonyl (C=O) groups excluding carboxylic acids is 2. The smallest absolute Gasteiger partial charge is 0.241 e. The van der Waals surface area contributed by atoms with Crippen molar-refractivity contribution in [1.29, 1.82) is 0 Å². The van der Waals surface area contributed by atoms with E-state index < -0.39 is 6.04 Å². The van der Waals surface area contributed by atoms with Gasteiger partial charge in [-0.05, 0) is 26.3 Å². The molecule has 0 fully saturated rings. The summed E-state index contributed by atoms with van der Waals surface area (Å²) < 4.78 is 0. The van der Waals surface area contributed by atoms with Crippen molar-refractivity contribution in [2.24, 2.45) is 5.73 Å². The third-order valence-electron chi connectivity index (χ3n) is 2.61. The lowest BCUT2D eigenvalue weighted by atomic mass is 10.1. The van der Waals surface area contributed by atoms with E-state index in [2.05, 4.69) is 10.6 Å². The lowest BCUT2D eigenvalue weighted by Gasteiger charge is -2.20. The molecule has 0 aromatic heterocycles. The molecule has 1 aromatic rings. The number of nitrogens with one attached hydrogen (secondary N) is 2. The molecule has 5 heteroatoms. The maximum absolute atomic E-state index is 11.8. The van der Waals surface area contributed by atoms with Crippen molar-refractivity contribution < 1.29 is 9.59 Å². The number of carbonyl (C=O) groups is 2. The Morgan fingerprint density at radius 2 is 1.80 bits per heavy atom. The second-order valence-electron chi connectivity index (χ2n) is 5.73. The molecule has 0 aliphatic heterocycles. The highest BCUT2D eigenvalue weighted by molar-refractivity contribution is 5.83. The third kappa shape index (κ3) is 5.84. The Labute approximate surface area is 119 Å². The first-order chi connectivity index (χ1) is 9.29. The zero-order valence-corrected chi connectivity index (χ0v) is 12.3. The molecule has 1 atom stereocenters. The molecule has 0 spiro atoms. The summed E-state index contributed by atoms with van der Waals surface area (Å²) in [5.41, 5.74) is 6.34. The summed E-state index contributed by atoms with van der Waals surface area (Å²) in [5.74, 6) is -0.370. The number of benzene rings is 1. The molecule has 0 aliphatic carbocycles. The first-order valence-corrected chi connectivity index (χ1v) is 6.69. The van der Waals surface area contributed by atoms with E-state index in [9.17, 15) is 9.59 Å². The summed E-state index contributed by atoms with van der Waals surface area (Å²) >= 11 is 0. The number of nitrogens with two attached hydrogens (primary N) is 1. The van der Waals surface area contributed by atoms with Crippen LogP contribution in [0.1, 0.15) is 38.8 Å². The van der Waals surface area contributed by atoms with Crippen LogP contribution >= 0.6 is 0 Å². The molecule has 0 aliphatic rings. The normalized spacial score (nSPS) is 12.6. The van der Waals surface area contributed by atoms with Crippen LogP contribution in [0.5, 0.6) is 0 Å². The standard InChI is InChI=1S/C15H23N3O2/c1-15(2,3)18-12(19)9-10-17-14(20)13(16)11-7-5-4-6-8-11/h4-8,13H,9-10,16H2,1-3H3,(H,17,20)(H,18,19)/t13-/m0/s1. The van der Waals surface area contributed by atoms with Crippen molar-refractivity contribution in [2.45, 2.75) is 38.8 Å². The van der Waals surface area contributed by atoms with Gasteiger partial charge in [-0.1, -0.05) is 30.3 Å². The molecule has 20 heavy (non-hydrogen) atoms. The van der Waals surface area contributed by atoms with Gasteiger partial charge in [0.05, 0.1) is 0 Å². The van der Waals surface area contributed by atoms with Crippen molar-refractivity contribution in [2.75, 3.05) is 6.54 Å². The lowest BCUT2D eigenvalue weighted by molar-refractivity contribution is -0.123. The minimum absolute atomic E-state index is 0.0916. The van der Waals surface area contributed by atoms with E-state index in [1.54, 1.807) is 12.1 Å². The molecule has 0 saturated carbocycles. The molecule has 0 radical (unpaired) electrons. The minimum atomic E-state index is -0.707. The average Bonchev–Trinajstić information content (AvgIpc) is 2.36. The Balaban J connectivity index is 2.35. The van der Waals surface area contributed by atoms with Gasteiger partial charge in [0, 0.05) is 18.5 Å². The first-order valence-electron chi connectivity index (χ1n) is 6.69. The largest absolute Gasteiger partial charge is 0.354 e. The molecule has 0 saturated heterocycles. The molecule has 1 aromatic carbocycles. The van der Waals surface area contributed by atoms with Crippen LogP contribution in [-0.2, 0) is 9.59 Å². The van der Waals surface area contributed by atoms with Crippen LogP contribution in [-0.4, -0.2) is 23.9 Å². The zero-order chi connectivity index (χ0) is 15.2. The maximum atomic E-state index is 11.8. The Morgan fingerprint density at radius 3 is 2.35 bits per heavy atom. The Morgan fingerprint density at radius 1 is 1.20 bits per heavy atom. The van der Waals surface area contributed by atoms with Gasteiger partial charge < -0.3 is 16.4 Å². The van der Waals surface area contributed by atoms with E-state index in [1.165, 1.54) is 0 Å². The highest BCUT2D eigenvalue weighted by Gasteiger charge is 2.16. The third-order valence-corrected chi connectivity index (χ3v) is 2.61. The predicted molar refractivity (Wildman–Crippen MR) is 78.9 cm³/mol. The summed E-state index contributed by atoms with van der Waals surface area (Å²) in [5, 5.41) is 5.51. The Kier molecular flexibility index (Phi) is 5.70. The fraction of sp³-hybridized carbons (Fsp3) is 0.467. The van der Waals surface area contributed by atoms with Crippen LogP contribution in [0.15, 0.2) is 30.3 Å². The summed E-state index contributed by atoms with van der Waals surface area (Å²) in [6.07, 6.45) is 0.241. The molecule has 4 N–H and O–H groups in total. The average molecular weight is 277 g/mol. The first kappa shape index (κ1) is 16.2. The fourth-order valence-corrected chi connectivity index (χ4v) is 1.70. The molecule has 2 amide bonds. The van der Waals surface area contributed by atoms with E-state index in [0.29, 0.717) is 0 Å². The van der Waals surface area contributed by atoms with Crippen LogP contribution in [0, 0.1) is 0 Å². The number of rotatable bonds is 5. The predicted octanol–water partition coefficient (Wildman–Crippen LogP) is 1.11. The van der Waals surface area contributed by atoms with E-state index in [4.69, 9.17) is 5.73 Å². The van der Waals surface area contributed by atoms with Crippen molar-refractivity contribution in [3.05, 3.63) is 35.9 Å². The highest BCUT2D eigenvalue weighted by Crippen LogP contribution is 2.09. The molecular formula is C15H23N3O2. The van der Waals surface area contributed by atoms with Gasteiger partial charge >= 0.3 is 0 Å². The van der Waals surface area contributed by atoms with Gasteiger partial charge in [0.15, 0.2) is 0 Å². The van der Waals surface area contributed by atoms with Gasteiger partial charge in [-0.3, -0.25) is 9.59 Å². The van der Waals surface area contributed by atoms with Crippen LogP contribution < -0.4 is 16.4 Å².